The number of hydrogen-bond acceptors (Lipinski definition) is 3. The lowest BCUT2D eigenvalue weighted by Gasteiger charge is -2.07. The molecule has 1 aromatic heterocycles. The maximum atomic E-state index is 13.2. The van der Waals surface area contributed by atoms with Gasteiger partial charge in [0.25, 0.3) is 0 Å². The van der Waals surface area contributed by atoms with E-state index in [1.54, 1.807) is 12.1 Å². The summed E-state index contributed by atoms with van der Waals surface area (Å²) < 4.78 is 18.5. The second-order valence-corrected chi connectivity index (χ2v) is 4.13. The van der Waals surface area contributed by atoms with Crippen LogP contribution in [0, 0.1) is 5.82 Å². The van der Waals surface area contributed by atoms with E-state index in [0.717, 1.165) is 12.2 Å². The summed E-state index contributed by atoms with van der Waals surface area (Å²) in [7, 11) is 0. The Labute approximate surface area is 99.4 Å². The highest BCUT2D eigenvalue weighted by molar-refractivity contribution is 5.75. The van der Waals surface area contributed by atoms with E-state index >= 15 is 0 Å². The molecule has 1 aromatic carbocycles. The molecule has 90 valence electrons. The first-order valence-electron chi connectivity index (χ1n) is 5.64. The van der Waals surface area contributed by atoms with Crippen molar-refractivity contribution >= 4 is 5.82 Å². The van der Waals surface area contributed by atoms with Gasteiger partial charge in [0.15, 0.2) is 5.82 Å². The van der Waals surface area contributed by atoms with E-state index in [1.165, 1.54) is 12.1 Å². The predicted molar refractivity (Wildman–Crippen MR) is 65.0 cm³/mol. The molecule has 17 heavy (non-hydrogen) atoms. The number of anilines is 1. The Morgan fingerprint density at radius 3 is 2.88 bits per heavy atom. The summed E-state index contributed by atoms with van der Waals surface area (Å²) >= 11 is 0. The molecule has 0 saturated carbocycles. The van der Waals surface area contributed by atoms with Gasteiger partial charge in [-0.3, -0.25) is 0 Å². The quantitative estimate of drug-likeness (QED) is 0.883. The molecule has 0 bridgehead atoms. The number of nitrogens with zero attached hydrogens (tertiary/aromatic N) is 1. The molecule has 2 N–H and O–H groups in total. The first-order valence-corrected chi connectivity index (χ1v) is 5.64. The Hall–Kier alpha value is -1.84. The van der Waals surface area contributed by atoms with Crippen LogP contribution in [0.3, 0.4) is 0 Å². The van der Waals surface area contributed by atoms with E-state index in [-0.39, 0.29) is 11.7 Å². The Kier molecular flexibility index (Phi) is 3.13. The largest absolute Gasteiger partial charge is 0.380 e. The molecule has 0 fully saturated rings. The molecule has 1 heterocycles. The number of halogens is 1. The van der Waals surface area contributed by atoms with Crippen LogP contribution in [0.15, 0.2) is 28.8 Å². The van der Waals surface area contributed by atoms with Gasteiger partial charge in [-0.05, 0) is 24.1 Å². The van der Waals surface area contributed by atoms with Gasteiger partial charge in [-0.1, -0.05) is 31.1 Å². The van der Waals surface area contributed by atoms with E-state index < -0.39 is 0 Å². The summed E-state index contributed by atoms with van der Waals surface area (Å²) in [6, 6.07) is 6.29. The molecule has 0 aliphatic carbocycles. The summed E-state index contributed by atoms with van der Waals surface area (Å²) in [5, 5.41) is 3.77. The summed E-state index contributed by atoms with van der Waals surface area (Å²) in [5.41, 5.74) is 7.20. The zero-order valence-electron chi connectivity index (χ0n) is 9.90. The van der Waals surface area contributed by atoms with Crippen LogP contribution in [0.1, 0.15) is 31.9 Å². The van der Waals surface area contributed by atoms with E-state index in [9.17, 15) is 4.39 Å². The average molecular weight is 234 g/mol. The lowest BCUT2D eigenvalue weighted by molar-refractivity contribution is 0.366. The molecule has 2 aromatic rings. The highest BCUT2D eigenvalue weighted by atomic mass is 19.1. The molecule has 0 amide bonds. The normalized spacial score (nSPS) is 12.6. The van der Waals surface area contributed by atoms with Crippen molar-refractivity contribution in [2.24, 2.45) is 0 Å². The third-order valence-electron chi connectivity index (χ3n) is 2.92. The fraction of sp³-hybridized carbons (Fsp3) is 0.308. The monoisotopic (exact) mass is 234 g/mol. The predicted octanol–water partition coefficient (Wildman–Crippen LogP) is 3.58. The molecule has 0 spiro atoms. The van der Waals surface area contributed by atoms with Gasteiger partial charge in [-0.2, -0.15) is 0 Å². The number of aromatic nitrogens is 1. The molecule has 1 atom stereocenters. The van der Waals surface area contributed by atoms with Crippen LogP contribution in [0.25, 0.3) is 11.1 Å². The van der Waals surface area contributed by atoms with Gasteiger partial charge in [-0.25, -0.2) is 4.39 Å². The summed E-state index contributed by atoms with van der Waals surface area (Å²) in [4.78, 5) is 0. The van der Waals surface area contributed by atoms with Crippen LogP contribution in [0.5, 0.6) is 0 Å². The highest BCUT2D eigenvalue weighted by Crippen LogP contribution is 2.35. The molecule has 4 heteroatoms. The number of nitrogens with two attached hydrogens (primary N) is 1. The van der Waals surface area contributed by atoms with Crippen LogP contribution in [-0.4, -0.2) is 5.16 Å². The molecule has 0 radical (unpaired) electrons. The summed E-state index contributed by atoms with van der Waals surface area (Å²) in [6.45, 7) is 4.08. The maximum Gasteiger partial charge on any atom is 0.175 e. The second kappa shape index (κ2) is 4.57. The fourth-order valence-electron chi connectivity index (χ4n) is 1.77. The van der Waals surface area contributed by atoms with E-state index in [2.05, 4.69) is 12.1 Å². The lowest BCUT2D eigenvalue weighted by atomic mass is 9.97. The number of benzene rings is 1. The van der Waals surface area contributed by atoms with Crippen molar-refractivity contribution in [3.8, 4) is 11.1 Å². The van der Waals surface area contributed by atoms with Crippen molar-refractivity contribution in [3.05, 3.63) is 35.8 Å². The van der Waals surface area contributed by atoms with E-state index in [1.807, 2.05) is 6.92 Å². The molecule has 0 aliphatic heterocycles. The Bertz CT molecular complexity index is 522. The van der Waals surface area contributed by atoms with Crippen molar-refractivity contribution in [2.45, 2.75) is 26.2 Å². The minimum atomic E-state index is -0.293. The smallest absolute Gasteiger partial charge is 0.175 e. The average Bonchev–Trinajstić information content (AvgIpc) is 2.70. The fourth-order valence-corrected chi connectivity index (χ4v) is 1.77. The van der Waals surface area contributed by atoms with Crippen molar-refractivity contribution in [3.63, 3.8) is 0 Å². The van der Waals surface area contributed by atoms with Crippen LogP contribution in [0.2, 0.25) is 0 Å². The van der Waals surface area contributed by atoms with Gasteiger partial charge >= 0.3 is 0 Å². The topological polar surface area (TPSA) is 52.0 Å². The minimum absolute atomic E-state index is 0.207. The standard InChI is InChI=1S/C13H15FN2O/c1-3-8(2)12-11(13(15)16-17-12)9-5-4-6-10(14)7-9/h4-8H,3H2,1-2H3,(H2,15,16). The third kappa shape index (κ3) is 2.16. The highest BCUT2D eigenvalue weighted by Gasteiger charge is 2.20. The van der Waals surface area contributed by atoms with Gasteiger partial charge in [-0.15, -0.1) is 0 Å². The van der Waals surface area contributed by atoms with E-state index in [0.29, 0.717) is 16.9 Å². The van der Waals surface area contributed by atoms with Gasteiger partial charge in [0.2, 0.25) is 0 Å². The molecule has 2 rings (SSSR count). The molecular weight excluding hydrogens is 219 g/mol. The molecule has 1 unspecified atom stereocenters. The SMILES string of the molecule is CCC(C)c1onc(N)c1-c1cccc(F)c1. The Morgan fingerprint density at radius 2 is 2.24 bits per heavy atom. The molecular formula is C13H15FN2O. The van der Waals surface area contributed by atoms with Gasteiger partial charge < -0.3 is 10.3 Å². The first-order chi connectivity index (χ1) is 8.13. The molecule has 3 nitrogen and oxygen atoms in total. The first kappa shape index (κ1) is 11.6. The maximum absolute atomic E-state index is 13.2. The zero-order chi connectivity index (χ0) is 12.4. The van der Waals surface area contributed by atoms with Gasteiger partial charge in [0, 0.05) is 5.92 Å². The summed E-state index contributed by atoms with van der Waals surface area (Å²) in [6.07, 6.45) is 0.914. The van der Waals surface area contributed by atoms with Crippen molar-refractivity contribution in [1.29, 1.82) is 0 Å². The Morgan fingerprint density at radius 1 is 1.47 bits per heavy atom. The van der Waals surface area contributed by atoms with Gasteiger partial charge in [0.05, 0.1) is 5.56 Å². The van der Waals surface area contributed by atoms with Crippen LogP contribution in [0.4, 0.5) is 10.2 Å². The molecule has 0 aliphatic rings. The van der Waals surface area contributed by atoms with E-state index in [4.69, 9.17) is 10.3 Å². The number of hydrogen-bond donors (Lipinski definition) is 1. The van der Waals surface area contributed by atoms with Crippen molar-refractivity contribution in [1.82, 2.24) is 5.16 Å². The van der Waals surface area contributed by atoms with Crippen molar-refractivity contribution < 1.29 is 8.91 Å². The lowest BCUT2D eigenvalue weighted by Crippen LogP contribution is -1.94. The molecule has 0 saturated heterocycles. The third-order valence-corrected chi connectivity index (χ3v) is 2.92. The Balaban J connectivity index is 2.54. The second-order valence-electron chi connectivity index (χ2n) is 4.13. The minimum Gasteiger partial charge on any atom is -0.380 e. The van der Waals surface area contributed by atoms with Crippen LogP contribution < -0.4 is 5.73 Å². The van der Waals surface area contributed by atoms with Gasteiger partial charge in [0.1, 0.15) is 11.6 Å². The number of rotatable bonds is 3. The summed E-state index contributed by atoms with van der Waals surface area (Å²) in [5.74, 6) is 0.942. The van der Waals surface area contributed by atoms with Crippen LogP contribution in [-0.2, 0) is 0 Å². The van der Waals surface area contributed by atoms with Crippen molar-refractivity contribution in [2.75, 3.05) is 5.73 Å². The number of nitrogen functional groups attached to an aromatic ring is 1. The van der Waals surface area contributed by atoms with Crippen LogP contribution >= 0.6 is 0 Å². The zero-order valence-corrected chi connectivity index (χ0v) is 9.90.